The summed E-state index contributed by atoms with van der Waals surface area (Å²) in [7, 11) is 0. The molecule has 0 saturated carbocycles. The minimum absolute atomic E-state index is 0.00136. The number of ether oxygens (including phenoxy) is 3. The van der Waals surface area contributed by atoms with Gasteiger partial charge in [0.25, 0.3) is 0 Å². The minimum Gasteiger partial charge on any atom is -0.460 e. The first-order chi connectivity index (χ1) is 22.0. The van der Waals surface area contributed by atoms with Crippen molar-refractivity contribution in [3.8, 4) is 0 Å². The van der Waals surface area contributed by atoms with Gasteiger partial charge in [0.1, 0.15) is 28.4 Å². The SMILES string of the molecule is CCC(=O)Nc1cccc(NC(=O)CCCC(=O)NC(CCC(=O)OC(C)(C)C)(CCC(=O)OC(C)(C)C)CCC(=O)OC(C)(C)C)n1. The van der Waals surface area contributed by atoms with Crippen LogP contribution in [0.5, 0.6) is 0 Å². The normalized spacial score (nSPS) is 12.0. The summed E-state index contributed by atoms with van der Waals surface area (Å²) >= 11 is 0. The zero-order valence-electron chi connectivity index (χ0n) is 30.4. The van der Waals surface area contributed by atoms with Crippen molar-refractivity contribution in [3.05, 3.63) is 18.2 Å². The average Bonchev–Trinajstić information content (AvgIpc) is 2.91. The molecule has 1 aromatic heterocycles. The molecule has 1 heterocycles. The second-order valence-electron chi connectivity index (χ2n) is 14.8. The Morgan fingerprint density at radius 2 is 0.958 bits per heavy atom. The monoisotopic (exact) mass is 676 g/mol. The molecule has 0 unspecified atom stereocenters. The molecule has 0 radical (unpaired) electrons. The summed E-state index contributed by atoms with van der Waals surface area (Å²) < 4.78 is 16.5. The van der Waals surface area contributed by atoms with Gasteiger partial charge in [0, 0.05) is 44.1 Å². The van der Waals surface area contributed by atoms with E-state index in [1.54, 1.807) is 87.4 Å². The van der Waals surface area contributed by atoms with E-state index in [2.05, 4.69) is 20.9 Å². The molecule has 1 aromatic rings. The first kappa shape index (κ1) is 42.0. The van der Waals surface area contributed by atoms with Crippen molar-refractivity contribution in [1.29, 1.82) is 0 Å². The van der Waals surface area contributed by atoms with E-state index in [0.717, 1.165) is 0 Å². The van der Waals surface area contributed by atoms with Crippen molar-refractivity contribution in [2.24, 2.45) is 0 Å². The molecule has 0 aromatic carbocycles. The summed E-state index contributed by atoms with van der Waals surface area (Å²) in [4.78, 5) is 80.1. The van der Waals surface area contributed by atoms with E-state index in [1.807, 2.05) is 0 Å². The first-order valence-corrected chi connectivity index (χ1v) is 16.5. The van der Waals surface area contributed by atoms with Crippen LogP contribution in [0.15, 0.2) is 18.2 Å². The Morgan fingerprint density at radius 1 is 0.583 bits per heavy atom. The van der Waals surface area contributed by atoms with E-state index in [9.17, 15) is 28.8 Å². The molecule has 48 heavy (non-hydrogen) atoms. The number of rotatable bonds is 17. The number of hydrogen-bond acceptors (Lipinski definition) is 10. The van der Waals surface area contributed by atoms with E-state index in [4.69, 9.17) is 14.2 Å². The van der Waals surface area contributed by atoms with Gasteiger partial charge >= 0.3 is 17.9 Å². The van der Waals surface area contributed by atoms with Crippen LogP contribution in [-0.4, -0.2) is 63.0 Å². The van der Waals surface area contributed by atoms with Crippen LogP contribution in [-0.2, 0) is 43.0 Å². The van der Waals surface area contributed by atoms with Crippen LogP contribution in [0.25, 0.3) is 0 Å². The molecule has 0 aliphatic rings. The van der Waals surface area contributed by atoms with Crippen LogP contribution in [0.1, 0.15) is 133 Å². The highest BCUT2D eigenvalue weighted by molar-refractivity contribution is 5.92. The third-order valence-corrected chi connectivity index (χ3v) is 6.50. The van der Waals surface area contributed by atoms with Crippen LogP contribution in [0, 0.1) is 0 Å². The molecule has 13 nitrogen and oxygen atoms in total. The minimum atomic E-state index is -1.16. The number of carbonyl (C=O) groups is 6. The largest absolute Gasteiger partial charge is 0.460 e. The predicted octanol–water partition coefficient (Wildman–Crippen LogP) is 5.76. The van der Waals surface area contributed by atoms with Gasteiger partial charge in [-0.15, -0.1) is 0 Å². The molecule has 3 N–H and O–H groups in total. The molecule has 0 fully saturated rings. The number of amides is 3. The number of anilines is 2. The maximum atomic E-state index is 13.4. The highest BCUT2D eigenvalue weighted by Crippen LogP contribution is 2.29. The highest BCUT2D eigenvalue weighted by atomic mass is 16.6. The first-order valence-electron chi connectivity index (χ1n) is 16.5. The van der Waals surface area contributed by atoms with Crippen molar-refractivity contribution in [3.63, 3.8) is 0 Å². The van der Waals surface area contributed by atoms with Crippen molar-refractivity contribution in [1.82, 2.24) is 10.3 Å². The molecule has 0 saturated heterocycles. The van der Waals surface area contributed by atoms with Gasteiger partial charge in [0.15, 0.2) is 0 Å². The second-order valence-corrected chi connectivity index (χ2v) is 14.8. The standard InChI is InChI=1S/C35H56N4O9/c1-11-26(40)37-24-14-12-15-25(36-24)38-27(41)16-13-17-28(42)39-35(21-18-29(43)46-32(2,3)4,22-19-30(44)47-33(5,6)7)23-20-31(45)48-34(8,9)10/h12,14-15H,11,13,16-23H2,1-10H3,(H,39,42)(H2,36,37,38,40,41). The van der Waals surface area contributed by atoms with Crippen molar-refractivity contribution in [2.45, 2.75) is 156 Å². The Morgan fingerprint density at radius 3 is 1.33 bits per heavy atom. The maximum Gasteiger partial charge on any atom is 0.306 e. The summed E-state index contributed by atoms with van der Waals surface area (Å²) in [6.07, 6.45) is 0.480. The fourth-order valence-electron chi connectivity index (χ4n) is 4.54. The topological polar surface area (TPSA) is 179 Å². The van der Waals surface area contributed by atoms with Gasteiger partial charge in [0.05, 0.1) is 0 Å². The molecule has 0 spiro atoms. The number of nitrogens with zero attached hydrogens (tertiary/aromatic N) is 1. The number of hydrogen-bond donors (Lipinski definition) is 3. The fraction of sp³-hybridized carbons (Fsp3) is 0.686. The second kappa shape index (κ2) is 18.5. The lowest BCUT2D eigenvalue weighted by Crippen LogP contribution is -2.50. The van der Waals surface area contributed by atoms with Crippen molar-refractivity contribution >= 4 is 47.3 Å². The quantitative estimate of drug-likeness (QED) is 0.136. The van der Waals surface area contributed by atoms with Gasteiger partial charge in [-0.2, -0.15) is 0 Å². The summed E-state index contributed by atoms with van der Waals surface area (Å²) in [6.45, 7) is 17.4. The summed E-state index contributed by atoms with van der Waals surface area (Å²) in [5.41, 5.74) is -3.33. The predicted molar refractivity (Wildman–Crippen MR) is 182 cm³/mol. The lowest BCUT2D eigenvalue weighted by atomic mass is 9.83. The smallest absolute Gasteiger partial charge is 0.306 e. The van der Waals surface area contributed by atoms with Crippen LogP contribution >= 0.6 is 0 Å². The summed E-state index contributed by atoms with van der Waals surface area (Å²) in [5, 5.41) is 8.28. The molecule has 270 valence electrons. The maximum absolute atomic E-state index is 13.4. The van der Waals surface area contributed by atoms with Gasteiger partial charge < -0.3 is 30.2 Å². The van der Waals surface area contributed by atoms with Crippen molar-refractivity contribution < 1.29 is 43.0 Å². The van der Waals surface area contributed by atoms with Crippen LogP contribution in [0.3, 0.4) is 0 Å². The molecular weight excluding hydrogens is 620 g/mol. The van der Waals surface area contributed by atoms with E-state index in [-0.39, 0.29) is 81.8 Å². The highest BCUT2D eigenvalue weighted by Gasteiger charge is 2.35. The summed E-state index contributed by atoms with van der Waals surface area (Å²) in [6, 6.07) is 4.83. The number of carbonyl (C=O) groups excluding carboxylic acids is 6. The zero-order valence-corrected chi connectivity index (χ0v) is 30.4. The Bertz CT molecular complexity index is 1190. The lowest BCUT2D eigenvalue weighted by Gasteiger charge is -2.36. The van der Waals surface area contributed by atoms with Gasteiger partial charge in [-0.05, 0) is 100 Å². The number of nitrogens with one attached hydrogen (secondary N) is 3. The molecule has 3 amide bonds. The number of aromatic nitrogens is 1. The number of esters is 3. The van der Waals surface area contributed by atoms with Gasteiger partial charge in [-0.25, -0.2) is 4.98 Å². The van der Waals surface area contributed by atoms with Crippen LogP contribution < -0.4 is 16.0 Å². The third kappa shape index (κ3) is 19.6. The Balaban J connectivity index is 3.09. The Kier molecular flexibility index (Phi) is 16.2. The molecule has 0 aliphatic heterocycles. The fourth-order valence-corrected chi connectivity index (χ4v) is 4.54. The van der Waals surface area contributed by atoms with Gasteiger partial charge in [-0.3, -0.25) is 28.8 Å². The van der Waals surface area contributed by atoms with Gasteiger partial charge in [-0.1, -0.05) is 13.0 Å². The molecule has 1 rings (SSSR count). The molecule has 0 atom stereocenters. The Labute approximate surface area is 285 Å². The van der Waals surface area contributed by atoms with Crippen LogP contribution in [0.2, 0.25) is 0 Å². The third-order valence-electron chi connectivity index (χ3n) is 6.50. The zero-order chi connectivity index (χ0) is 36.8. The van der Waals surface area contributed by atoms with E-state index >= 15 is 0 Å². The molecular formula is C35H56N4O9. The Hall–Kier alpha value is -4.03. The lowest BCUT2D eigenvalue weighted by molar-refractivity contribution is -0.156. The summed E-state index contributed by atoms with van der Waals surface area (Å²) in [5.74, 6) is -1.90. The van der Waals surface area contributed by atoms with E-state index < -0.39 is 46.2 Å². The average molecular weight is 677 g/mol. The number of pyridine rings is 1. The molecule has 13 heteroatoms. The van der Waals surface area contributed by atoms with Crippen molar-refractivity contribution in [2.75, 3.05) is 10.6 Å². The van der Waals surface area contributed by atoms with E-state index in [1.165, 1.54) is 0 Å². The molecule has 0 aliphatic carbocycles. The van der Waals surface area contributed by atoms with Crippen LogP contribution in [0.4, 0.5) is 11.6 Å². The molecule has 0 bridgehead atoms. The van der Waals surface area contributed by atoms with Gasteiger partial charge in [0.2, 0.25) is 17.7 Å². The van der Waals surface area contributed by atoms with E-state index in [0.29, 0.717) is 5.82 Å².